The van der Waals surface area contributed by atoms with Gasteiger partial charge in [-0.05, 0) is 37.0 Å². The molecular formula is C11H20O. The van der Waals surface area contributed by atoms with Crippen LogP contribution in [-0.2, 0) is 0 Å². The number of rotatable bonds is 3. The lowest BCUT2D eigenvalue weighted by Gasteiger charge is -2.37. The highest BCUT2D eigenvalue weighted by Gasteiger charge is 2.30. The van der Waals surface area contributed by atoms with Crippen molar-refractivity contribution in [2.45, 2.75) is 39.0 Å². The van der Waals surface area contributed by atoms with Gasteiger partial charge in [-0.2, -0.15) is 0 Å². The van der Waals surface area contributed by atoms with Crippen LogP contribution in [0.25, 0.3) is 0 Å². The molecule has 1 fully saturated rings. The molecule has 0 aromatic heterocycles. The van der Waals surface area contributed by atoms with Crippen molar-refractivity contribution in [1.29, 1.82) is 0 Å². The standard InChI is InChI=1S/C11H20O/c1-3-6-11(2)7-4-5-10(8-11)9-12/h3,10,12H,1,4-9H2,2H3. The van der Waals surface area contributed by atoms with Crippen LogP contribution in [0.2, 0.25) is 0 Å². The van der Waals surface area contributed by atoms with Crippen molar-refractivity contribution in [2.24, 2.45) is 11.3 Å². The molecule has 2 atom stereocenters. The molecule has 0 aromatic carbocycles. The van der Waals surface area contributed by atoms with Crippen LogP contribution < -0.4 is 0 Å². The van der Waals surface area contributed by atoms with Gasteiger partial charge in [-0.25, -0.2) is 0 Å². The summed E-state index contributed by atoms with van der Waals surface area (Å²) in [4.78, 5) is 0. The van der Waals surface area contributed by atoms with E-state index in [0.717, 1.165) is 6.42 Å². The molecule has 1 rings (SSSR count). The molecule has 1 saturated carbocycles. The average Bonchev–Trinajstić information content (AvgIpc) is 2.04. The normalized spacial score (nSPS) is 36.3. The maximum Gasteiger partial charge on any atom is 0.0459 e. The summed E-state index contributed by atoms with van der Waals surface area (Å²) in [6.45, 7) is 6.47. The van der Waals surface area contributed by atoms with E-state index in [0.29, 0.717) is 17.9 Å². The number of aliphatic hydroxyl groups is 1. The van der Waals surface area contributed by atoms with Crippen molar-refractivity contribution in [3.63, 3.8) is 0 Å². The summed E-state index contributed by atoms with van der Waals surface area (Å²) in [5.41, 5.74) is 0.424. The van der Waals surface area contributed by atoms with E-state index in [1.54, 1.807) is 0 Å². The van der Waals surface area contributed by atoms with Crippen LogP contribution in [-0.4, -0.2) is 11.7 Å². The van der Waals surface area contributed by atoms with Gasteiger partial charge in [0, 0.05) is 6.61 Å². The van der Waals surface area contributed by atoms with Crippen molar-refractivity contribution in [3.8, 4) is 0 Å². The third kappa shape index (κ3) is 2.34. The summed E-state index contributed by atoms with van der Waals surface area (Å²) in [5, 5.41) is 9.07. The van der Waals surface area contributed by atoms with Crippen molar-refractivity contribution >= 4 is 0 Å². The first-order valence-electron chi connectivity index (χ1n) is 4.92. The summed E-state index contributed by atoms with van der Waals surface area (Å²) in [6, 6.07) is 0. The van der Waals surface area contributed by atoms with Gasteiger partial charge in [-0.15, -0.1) is 6.58 Å². The van der Waals surface area contributed by atoms with Crippen molar-refractivity contribution < 1.29 is 5.11 Å². The summed E-state index contributed by atoms with van der Waals surface area (Å²) in [6.07, 6.45) is 8.08. The summed E-state index contributed by atoms with van der Waals surface area (Å²) in [5.74, 6) is 0.545. The summed E-state index contributed by atoms with van der Waals surface area (Å²) >= 11 is 0. The monoisotopic (exact) mass is 168 g/mol. The van der Waals surface area contributed by atoms with Crippen LogP contribution in [0.3, 0.4) is 0 Å². The lowest BCUT2D eigenvalue weighted by atomic mass is 9.69. The molecule has 70 valence electrons. The number of aliphatic hydroxyl groups excluding tert-OH is 1. The van der Waals surface area contributed by atoms with Gasteiger partial charge in [0.1, 0.15) is 0 Å². The molecule has 1 aliphatic carbocycles. The van der Waals surface area contributed by atoms with E-state index in [1.165, 1.54) is 25.7 Å². The van der Waals surface area contributed by atoms with E-state index < -0.39 is 0 Å². The maximum absolute atomic E-state index is 9.07. The molecule has 0 heterocycles. The minimum absolute atomic E-state index is 0.368. The molecule has 0 saturated heterocycles. The molecule has 1 aliphatic rings. The number of allylic oxidation sites excluding steroid dienone is 1. The van der Waals surface area contributed by atoms with Gasteiger partial charge in [0.2, 0.25) is 0 Å². The quantitative estimate of drug-likeness (QED) is 0.642. The van der Waals surface area contributed by atoms with Crippen LogP contribution >= 0.6 is 0 Å². The van der Waals surface area contributed by atoms with Gasteiger partial charge in [-0.3, -0.25) is 0 Å². The first kappa shape index (κ1) is 9.79. The molecule has 1 N–H and O–H groups in total. The topological polar surface area (TPSA) is 20.2 Å². The fourth-order valence-electron chi connectivity index (χ4n) is 2.41. The molecular weight excluding hydrogens is 148 g/mol. The molecule has 0 spiro atoms. The molecule has 1 heteroatoms. The summed E-state index contributed by atoms with van der Waals surface area (Å²) in [7, 11) is 0. The Morgan fingerprint density at radius 2 is 2.42 bits per heavy atom. The predicted octanol–water partition coefficient (Wildman–Crippen LogP) is 2.75. The van der Waals surface area contributed by atoms with Crippen LogP contribution in [0.4, 0.5) is 0 Å². The van der Waals surface area contributed by atoms with Gasteiger partial charge < -0.3 is 5.11 Å². The van der Waals surface area contributed by atoms with Crippen LogP contribution in [0.5, 0.6) is 0 Å². The summed E-state index contributed by atoms with van der Waals surface area (Å²) < 4.78 is 0. The van der Waals surface area contributed by atoms with E-state index in [9.17, 15) is 0 Å². The Morgan fingerprint density at radius 1 is 1.67 bits per heavy atom. The van der Waals surface area contributed by atoms with E-state index in [-0.39, 0.29) is 0 Å². The highest BCUT2D eigenvalue weighted by molar-refractivity contribution is 4.88. The Hall–Kier alpha value is -0.300. The highest BCUT2D eigenvalue weighted by Crippen LogP contribution is 2.41. The molecule has 0 amide bonds. The Labute approximate surface area is 75.5 Å². The van der Waals surface area contributed by atoms with Crippen molar-refractivity contribution in [3.05, 3.63) is 12.7 Å². The smallest absolute Gasteiger partial charge is 0.0459 e. The van der Waals surface area contributed by atoms with E-state index in [4.69, 9.17) is 5.11 Å². The average molecular weight is 168 g/mol. The predicted molar refractivity (Wildman–Crippen MR) is 52.0 cm³/mol. The number of hydrogen-bond acceptors (Lipinski definition) is 1. The third-order valence-electron chi connectivity index (χ3n) is 3.07. The SMILES string of the molecule is C=CCC1(C)CCCC(CO)C1. The molecule has 12 heavy (non-hydrogen) atoms. The lowest BCUT2D eigenvalue weighted by Crippen LogP contribution is -2.26. The Morgan fingerprint density at radius 3 is 3.00 bits per heavy atom. The van der Waals surface area contributed by atoms with Gasteiger partial charge in [0.25, 0.3) is 0 Å². The highest BCUT2D eigenvalue weighted by atomic mass is 16.3. The number of hydrogen-bond donors (Lipinski definition) is 1. The lowest BCUT2D eigenvalue weighted by molar-refractivity contribution is 0.108. The van der Waals surface area contributed by atoms with Crippen molar-refractivity contribution in [2.75, 3.05) is 6.61 Å². The minimum Gasteiger partial charge on any atom is -0.396 e. The van der Waals surface area contributed by atoms with Crippen LogP contribution in [0.1, 0.15) is 39.0 Å². The van der Waals surface area contributed by atoms with Crippen LogP contribution in [0, 0.1) is 11.3 Å². The molecule has 2 unspecified atom stereocenters. The van der Waals surface area contributed by atoms with Crippen molar-refractivity contribution in [1.82, 2.24) is 0 Å². The van der Waals surface area contributed by atoms with E-state index in [1.807, 2.05) is 6.08 Å². The second kappa shape index (κ2) is 4.08. The molecule has 1 nitrogen and oxygen atoms in total. The van der Waals surface area contributed by atoms with Gasteiger partial charge in [0.15, 0.2) is 0 Å². The fourth-order valence-corrected chi connectivity index (χ4v) is 2.41. The van der Waals surface area contributed by atoms with E-state index >= 15 is 0 Å². The fraction of sp³-hybridized carbons (Fsp3) is 0.818. The van der Waals surface area contributed by atoms with Gasteiger partial charge in [0.05, 0.1) is 0 Å². The molecule has 0 radical (unpaired) electrons. The zero-order valence-corrected chi connectivity index (χ0v) is 8.05. The molecule has 0 bridgehead atoms. The first-order valence-corrected chi connectivity index (χ1v) is 4.92. The molecule has 0 aliphatic heterocycles. The maximum atomic E-state index is 9.07. The van der Waals surface area contributed by atoms with Crippen LogP contribution in [0.15, 0.2) is 12.7 Å². The largest absolute Gasteiger partial charge is 0.396 e. The molecule has 0 aromatic rings. The van der Waals surface area contributed by atoms with E-state index in [2.05, 4.69) is 13.5 Å². The second-order valence-corrected chi connectivity index (χ2v) is 4.45. The first-order chi connectivity index (χ1) is 5.70. The Balaban J connectivity index is 2.48. The Kier molecular flexibility index (Phi) is 3.33. The Bertz CT molecular complexity index is 153. The zero-order valence-electron chi connectivity index (χ0n) is 8.05. The van der Waals surface area contributed by atoms with Gasteiger partial charge in [-0.1, -0.05) is 19.4 Å². The second-order valence-electron chi connectivity index (χ2n) is 4.45. The zero-order chi connectivity index (χ0) is 9.03. The minimum atomic E-state index is 0.368. The van der Waals surface area contributed by atoms with Gasteiger partial charge >= 0.3 is 0 Å². The third-order valence-corrected chi connectivity index (χ3v) is 3.07.